The van der Waals surface area contributed by atoms with Gasteiger partial charge in [-0.1, -0.05) is 12.1 Å². The summed E-state index contributed by atoms with van der Waals surface area (Å²) < 4.78 is 24.4. The number of nitrogens with one attached hydrogen (secondary N) is 2. The lowest BCUT2D eigenvalue weighted by molar-refractivity contribution is -0.115. The molecule has 6 nitrogen and oxygen atoms in total. The molecule has 2 fully saturated rings. The minimum absolute atomic E-state index is 0.151. The zero-order valence-electron chi connectivity index (χ0n) is 17.7. The van der Waals surface area contributed by atoms with E-state index in [1.807, 2.05) is 24.3 Å². The maximum atomic E-state index is 13.3. The van der Waals surface area contributed by atoms with Gasteiger partial charge in [-0.15, -0.1) is 0 Å². The molecular weight excluding hydrogens is 397 g/mol. The first kappa shape index (κ1) is 21.7. The largest absolute Gasteiger partial charge is 0.376 e. The molecule has 2 aromatic carbocycles. The van der Waals surface area contributed by atoms with Gasteiger partial charge in [-0.2, -0.15) is 0 Å². The van der Waals surface area contributed by atoms with Gasteiger partial charge in [0.05, 0.1) is 32.3 Å². The smallest absolute Gasteiger partial charge is 0.228 e. The number of carbonyl (C=O) groups excluding carboxylic acids is 1. The van der Waals surface area contributed by atoms with Gasteiger partial charge in [0.15, 0.2) is 0 Å². The molecule has 2 N–H and O–H groups in total. The summed E-state index contributed by atoms with van der Waals surface area (Å²) in [7, 11) is 0. The van der Waals surface area contributed by atoms with Crippen LogP contribution in [0.25, 0.3) is 0 Å². The number of hydrogen-bond donors (Lipinski definition) is 2. The highest BCUT2D eigenvalue weighted by molar-refractivity contribution is 5.92. The number of piperidine rings is 1. The maximum absolute atomic E-state index is 13.3. The first-order chi connectivity index (χ1) is 15.2. The third-order valence-electron chi connectivity index (χ3n) is 5.78. The molecule has 0 bridgehead atoms. The van der Waals surface area contributed by atoms with Crippen LogP contribution in [-0.4, -0.2) is 57.5 Å². The average Bonchev–Trinajstić information content (AvgIpc) is 2.79. The van der Waals surface area contributed by atoms with Crippen LogP contribution in [0.4, 0.5) is 15.8 Å². The van der Waals surface area contributed by atoms with Gasteiger partial charge in [-0.25, -0.2) is 4.39 Å². The summed E-state index contributed by atoms with van der Waals surface area (Å²) in [5.74, 6) is -0.484. The molecule has 0 radical (unpaired) electrons. The summed E-state index contributed by atoms with van der Waals surface area (Å²) in [6.07, 6.45) is 2.48. The minimum Gasteiger partial charge on any atom is -0.376 e. The van der Waals surface area contributed by atoms with Gasteiger partial charge in [-0.05, 0) is 54.8 Å². The molecule has 2 saturated heterocycles. The number of ether oxygens (including phenoxy) is 2. The average molecular weight is 428 g/mol. The van der Waals surface area contributed by atoms with Crippen molar-refractivity contribution in [2.75, 3.05) is 49.7 Å². The van der Waals surface area contributed by atoms with Crippen molar-refractivity contribution >= 4 is 17.3 Å². The van der Waals surface area contributed by atoms with E-state index < -0.39 is 0 Å². The van der Waals surface area contributed by atoms with E-state index in [0.29, 0.717) is 31.4 Å². The second kappa shape index (κ2) is 10.7. The number of benzene rings is 2. The molecule has 2 heterocycles. The van der Waals surface area contributed by atoms with Gasteiger partial charge >= 0.3 is 0 Å². The summed E-state index contributed by atoms with van der Waals surface area (Å²) >= 11 is 0. The van der Waals surface area contributed by atoms with Crippen LogP contribution in [0.5, 0.6) is 0 Å². The predicted molar refractivity (Wildman–Crippen MR) is 119 cm³/mol. The summed E-state index contributed by atoms with van der Waals surface area (Å²) in [6, 6.07) is 14.5. The highest BCUT2D eigenvalue weighted by Crippen LogP contribution is 2.22. The highest BCUT2D eigenvalue weighted by atomic mass is 19.1. The van der Waals surface area contributed by atoms with Crippen LogP contribution in [-0.2, 0) is 20.7 Å². The molecule has 2 aliphatic heterocycles. The van der Waals surface area contributed by atoms with E-state index in [1.165, 1.54) is 12.1 Å². The van der Waals surface area contributed by atoms with E-state index in [-0.39, 0.29) is 24.2 Å². The van der Waals surface area contributed by atoms with E-state index in [0.717, 1.165) is 43.9 Å². The first-order valence-electron chi connectivity index (χ1n) is 11.0. The first-order valence-corrected chi connectivity index (χ1v) is 11.0. The Kier molecular flexibility index (Phi) is 7.51. The molecule has 0 aromatic heterocycles. The Hall–Kier alpha value is -2.48. The molecule has 31 heavy (non-hydrogen) atoms. The van der Waals surface area contributed by atoms with Crippen molar-refractivity contribution in [2.24, 2.45) is 0 Å². The molecule has 166 valence electrons. The van der Waals surface area contributed by atoms with Crippen LogP contribution in [0.3, 0.4) is 0 Å². The topological polar surface area (TPSA) is 62.8 Å². The zero-order valence-corrected chi connectivity index (χ0v) is 17.7. The molecule has 7 heteroatoms. The summed E-state index contributed by atoms with van der Waals surface area (Å²) in [4.78, 5) is 14.6. The number of halogens is 1. The lowest BCUT2D eigenvalue weighted by Crippen LogP contribution is -2.46. The predicted octanol–water partition coefficient (Wildman–Crippen LogP) is 2.98. The number of anilines is 2. The Balaban J connectivity index is 1.21. The molecule has 4 rings (SSSR count). The Bertz CT molecular complexity index is 847. The number of rotatable bonds is 7. The molecule has 0 aliphatic carbocycles. The second-order valence-corrected chi connectivity index (χ2v) is 8.14. The van der Waals surface area contributed by atoms with E-state index >= 15 is 0 Å². The lowest BCUT2D eigenvalue weighted by atomic mass is 10.0. The summed E-state index contributed by atoms with van der Waals surface area (Å²) in [5.41, 5.74) is 2.56. The van der Waals surface area contributed by atoms with Crippen molar-refractivity contribution in [1.29, 1.82) is 0 Å². The van der Waals surface area contributed by atoms with Crippen LogP contribution in [0.15, 0.2) is 48.5 Å². The number of hydrogen-bond acceptors (Lipinski definition) is 5. The monoisotopic (exact) mass is 427 g/mol. The SMILES string of the molecule is O=C(Cc1cccc(F)c1)Nc1ccc(N2CCC(NCC3COCCO3)CC2)cc1. The van der Waals surface area contributed by atoms with E-state index in [4.69, 9.17) is 9.47 Å². The summed E-state index contributed by atoms with van der Waals surface area (Å²) in [6.45, 7) is 4.89. The fraction of sp³-hybridized carbons (Fsp3) is 0.458. The van der Waals surface area contributed by atoms with Gasteiger partial charge in [-0.3, -0.25) is 4.79 Å². The zero-order chi connectivity index (χ0) is 21.5. The fourth-order valence-corrected chi connectivity index (χ4v) is 4.09. The Morgan fingerprint density at radius 3 is 2.61 bits per heavy atom. The second-order valence-electron chi connectivity index (χ2n) is 8.14. The van der Waals surface area contributed by atoms with Crippen LogP contribution < -0.4 is 15.5 Å². The third-order valence-corrected chi connectivity index (χ3v) is 5.78. The minimum atomic E-state index is -0.329. The molecule has 0 saturated carbocycles. The standard InChI is InChI=1S/C24H30FN3O3/c25-19-3-1-2-18(14-19)15-24(29)27-21-4-6-22(7-5-21)28-10-8-20(9-11-28)26-16-23-17-30-12-13-31-23/h1-7,14,20,23,26H,8-13,15-17H2,(H,27,29). The Morgan fingerprint density at radius 1 is 1.10 bits per heavy atom. The van der Waals surface area contributed by atoms with Crippen molar-refractivity contribution < 1.29 is 18.7 Å². The van der Waals surface area contributed by atoms with Crippen molar-refractivity contribution in [1.82, 2.24) is 5.32 Å². The van der Waals surface area contributed by atoms with Gasteiger partial charge < -0.3 is 25.0 Å². The van der Waals surface area contributed by atoms with E-state index in [2.05, 4.69) is 15.5 Å². The molecule has 1 unspecified atom stereocenters. The Morgan fingerprint density at radius 2 is 1.90 bits per heavy atom. The number of nitrogens with zero attached hydrogens (tertiary/aromatic N) is 1. The Labute approximate surface area is 182 Å². The van der Waals surface area contributed by atoms with Crippen LogP contribution in [0, 0.1) is 5.82 Å². The number of amides is 1. The molecular formula is C24H30FN3O3. The van der Waals surface area contributed by atoms with Gasteiger partial charge in [0.2, 0.25) is 5.91 Å². The molecule has 1 atom stereocenters. The van der Waals surface area contributed by atoms with Crippen molar-refractivity contribution in [3.8, 4) is 0 Å². The van der Waals surface area contributed by atoms with E-state index in [1.54, 1.807) is 12.1 Å². The van der Waals surface area contributed by atoms with Crippen LogP contribution in [0.2, 0.25) is 0 Å². The van der Waals surface area contributed by atoms with Gasteiger partial charge in [0.25, 0.3) is 0 Å². The number of carbonyl (C=O) groups is 1. The van der Waals surface area contributed by atoms with Crippen molar-refractivity contribution in [3.63, 3.8) is 0 Å². The van der Waals surface area contributed by atoms with Crippen LogP contribution in [0.1, 0.15) is 18.4 Å². The quantitative estimate of drug-likeness (QED) is 0.711. The fourth-order valence-electron chi connectivity index (χ4n) is 4.09. The van der Waals surface area contributed by atoms with Gasteiger partial charge in [0, 0.05) is 37.1 Å². The van der Waals surface area contributed by atoms with Crippen LogP contribution >= 0.6 is 0 Å². The normalized spacial score (nSPS) is 19.9. The molecule has 0 spiro atoms. The maximum Gasteiger partial charge on any atom is 0.228 e. The molecule has 2 aromatic rings. The van der Waals surface area contributed by atoms with Gasteiger partial charge in [0.1, 0.15) is 5.82 Å². The third kappa shape index (κ3) is 6.50. The molecule has 2 aliphatic rings. The highest BCUT2D eigenvalue weighted by Gasteiger charge is 2.21. The van der Waals surface area contributed by atoms with Crippen molar-refractivity contribution in [2.45, 2.75) is 31.4 Å². The summed E-state index contributed by atoms with van der Waals surface area (Å²) in [5, 5.41) is 6.50. The lowest BCUT2D eigenvalue weighted by Gasteiger charge is -2.35. The van der Waals surface area contributed by atoms with E-state index in [9.17, 15) is 9.18 Å². The molecule has 1 amide bonds. The van der Waals surface area contributed by atoms with Crippen molar-refractivity contribution in [3.05, 3.63) is 59.9 Å².